The number of anilines is 1. The standard InChI is InChI=1S/C20H14FN3O2/c1-12(25)24-11-16(15-10-14(21)7-8-18(15)24)20(26)23-17-6-2-4-13-5-3-9-22-19(13)17/h2-11H,1H3,(H,23,26). The minimum atomic E-state index is -0.473. The number of pyridine rings is 1. The fourth-order valence-corrected chi connectivity index (χ4v) is 3.04. The van der Waals surface area contributed by atoms with Crippen molar-refractivity contribution in [3.8, 4) is 0 Å². The van der Waals surface area contributed by atoms with Gasteiger partial charge in [0.05, 0.1) is 22.3 Å². The Morgan fingerprint density at radius 1 is 1.12 bits per heavy atom. The molecule has 0 unspecified atom stereocenters. The second-order valence-electron chi connectivity index (χ2n) is 5.93. The zero-order chi connectivity index (χ0) is 18.3. The predicted molar refractivity (Wildman–Crippen MR) is 97.9 cm³/mol. The number of amides is 1. The molecule has 128 valence electrons. The maximum absolute atomic E-state index is 13.7. The van der Waals surface area contributed by atoms with E-state index in [-0.39, 0.29) is 11.5 Å². The van der Waals surface area contributed by atoms with Crippen LogP contribution in [-0.4, -0.2) is 21.4 Å². The smallest absolute Gasteiger partial charge is 0.257 e. The summed E-state index contributed by atoms with van der Waals surface area (Å²) in [5.41, 5.74) is 1.92. The number of halogens is 1. The van der Waals surface area contributed by atoms with Gasteiger partial charge in [0.25, 0.3) is 5.91 Å². The van der Waals surface area contributed by atoms with Gasteiger partial charge in [-0.2, -0.15) is 0 Å². The minimum absolute atomic E-state index is 0.225. The molecule has 0 aliphatic rings. The lowest BCUT2D eigenvalue weighted by Crippen LogP contribution is -2.12. The summed E-state index contributed by atoms with van der Waals surface area (Å²) in [5, 5.41) is 4.09. The highest BCUT2D eigenvalue weighted by Crippen LogP contribution is 2.26. The van der Waals surface area contributed by atoms with Crippen molar-refractivity contribution in [3.05, 3.63) is 72.3 Å². The van der Waals surface area contributed by atoms with E-state index in [1.54, 1.807) is 12.3 Å². The van der Waals surface area contributed by atoms with Gasteiger partial charge in [-0.3, -0.25) is 19.1 Å². The second kappa shape index (κ2) is 6.07. The molecule has 1 amide bonds. The molecule has 0 bridgehead atoms. The average molecular weight is 347 g/mol. The fraction of sp³-hybridized carbons (Fsp3) is 0.0500. The Bertz CT molecular complexity index is 1180. The molecule has 0 fully saturated rings. The van der Waals surface area contributed by atoms with Gasteiger partial charge in [0.1, 0.15) is 5.82 Å². The predicted octanol–water partition coefficient (Wildman–Crippen LogP) is 4.24. The van der Waals surface area contributed by atoms with E-state index in [4.69, 9.17) is 0 Å². The Labute approximate surface area is 148 Å². The Balaban J connectivity index is 1.81. The first-order chi connectivity index (χ1) is 12.5. The molecule has 6 heteroatoms. The van der Waals surface area contributed by atoms with Gasteiger partial charge in [-0.1, -0.05) is 18.2 Å². The topological polar surface area (TPSA) is 64.0 Å². The molecule has 0 atom stereocenters. The summed E-state index contributed by atoms with van der Waals surface area (Å²) in [6.45, 7) is 1.39. The average Bonchev–Trinajstić information content (AvgIpc) is 3.01. The molecule has 0 saturated heterocycles. The van der Waals surface area contributed by atoms with E-state index >= 15 is 0 Å². The number of fused-ring (bicyclic) bond motifs is 2. The van der Waals surface area contributed by atoms with Gasteiger partial charge in [0.15, 0.2) is 0 Å². The van der Waals surface area contributed by atoms with Crippen molar-refractivity contribution in [2.45, 2.75) is 6.92 Å². The second-order valence-corrected chi connectivity index (χ2v) is 5.93. The number of nitrogens with zero attached hydrogens (tertiary/aromatic N) is 2. The highest BCUT2D eigenvalue weighted by Gasteiger charge is 2.18. The molecule has 26 heavy (non-hydrogen) atoms. The number of benzene rings is 2. The Morgan fingerprint density at radius 2 is 1.92 bits per heavy atom. The highest BCUT2D eigenvalue weighted by atomic mass is 19.1. The molecule has 0 radical (unpaired) electrons. The largest absolute Gasteiger partial charge is 0.320 e. The van der Waals surface area contributed by atoms with Crippen molar-refractivity contribution in [1.29, 1.82) is 0 Å². The van der Waals surface area contributed by atoms with Crippen molar-refractivity contribution in [1.82, 2.24) is 9.55 Å². The van der Waals surface area contributed by atoms with Crippen LogP contribution in [0, 0.1) is 5.82 Å². The van der Waals surface area contributed by atoms with Crippen LogP contribution in [0.25, 0.3) is 21.8 Å². The van der Waals surface area contributed by atoms with Gasteiger partial charge in [-0.05, 0) is 30.3 Å². The Kier molecular flexibility index (Phi) is 3.73. The van der Waals surface area contributed by atoms with Gasteiger partial charge in [-0.25, -0.2) is 4.39 Å². The molecule has 4 aromatic rings. The first kappa shape index (κ1) is 16.0. The third kappa shape index (κ3) is 2.61. The number of aromatic nitrogens is 2. The molecule has 5 nitrogen and oxygen atoms in total. The summed E-state index contributed by atoms with van der Waals surface area (Å²) in [4.78, 5) is 29.0. The minimum Gasteiger partial charge on any atom is -0.320 e. The Hall–Kier alpha value is -3.54. The van der Waals surface area contributed by atoms with Crippen LogP contribution in [-0.2, 0) is 0 Å². The van der Waals surface area contributed by atoms with Gasteiger partial charge >= 0.3 is 0 Å². The lowest BCUT2D eigenvalue weighted by atomic mass is 10.1. The third-order valence-corrected chi connectivity index (χ3v) is 4.23. The van der Waals surface area contributed by atoms with E-state index in [9.17, 15) is 14.0 Å². The van der Waals surface area contributed by atoms with Gasteiger partial charge in [0.2, 0.25) is 5.91 Å². The summed E-state index contributed by atoms with van der Waals surface area (Å²) in [7, 11) is 0. The van der Waals surface area contributed by atoms with Crippen LogP contribution in [0.1, 0.15) is 22.1 Å². The summed E-state index contributed by atoms with van der Waals surface area (Å²) in [6, 6.07) is 13.2. The maximum Gasteiger partial charge on any atom is 0.257 e. The molecule has 1 N–H and O–H groups in total. The molecule has 4 rings (SSSR count). The SMILES string of the molecule is CC(=O)n1cc(C(=O)Nc2cccc3cccnc23)c2cc(F)ccc21. The monoisotopic (exact) mass is 347 g/mol. The van der Waals surface area contributed by atoms with Crippen molar-refractivity contribution >= 4 is 39.3 Å². The first-order valence-electron chi connectivity index (χ1n) is 8.01. The van der Waals surface area contributed by atoms with Crippen molar-refractivity contribution in [3.63, 3.8) is 0 Å². The van der Waals surface area contributed by atoms with Crippen LogP contribution in [0.2, 0.25) is 0 Å². The van der Waals surface area contributed by atoms with Crippen molar-refractivity contribution < 1.29 is 14.0 Å². The number of hydrogen-bond acceptors (Lipinski definition) is 3. The molecule has 2 aromatic carbocycles. The van der Waals surface area contributed by atoms with Crippen LogP contribution in [0.15, 0.2) is 60.9 Å². The molecule has 2 heterocycles. The molecular formula is C20H14FN3O2. The molecule has 0 spiro atoms. The highest BCUT2D eigenvalue weighted by molar-refractivity contribution is 6.16. The summed E-state index contributed by atoms with van der Waals surface area (Å²) in [5.74, 6) is -1.16. The van der Waals surface area contributed by atoms with Gasteiger partial charge in [0, 0.05) is 30.1 Å². The van der Waals surface area contributed by atoms with Crippen LogP contribution in [0.5, 0.6) is 0 Å². The van der Waals surface area contributed by atoms with Crippen molar-refractivity contribution in [2.24, 2.45) is 0 Å². The van der Waals surface area contributed by atoms with Crippen LogP contribution in [0.4, 0.5) is 10.1 Å². The van der Waals surface area contributed by atoms with E-state index < -0.39 is 11.7 Å². The van der Waals surface area contributed by atoms with E-state index in [2.05, 4.69) is 10.3 Å². The first-order valence-corrected chi connectivity index (χ1v) is 8.01. The number of hydrogen-bond donors (Lipinski definition) is 1. The lowest BCUT2D eigenvalue weighted by molar-refractivity contribution is 0.0941. The molecule has 0 saturated carbocycles. The zero-order valence-electron chi connectivity index (χ0n) is 13.9. The number of rotatable bonds is 2. The number of nitrogens with one attached hydrogen (secondary N) is 1. The molecule has 0 aliphatic carbocycles. The van der Waals surface area contributed by atoms with E-state index in [1.165, 1.54) is 35.9 Å². The van der Waals surface area contributed by atoms with Crippen LogP contribution >= 0.6 is 0 Å². The zero-order valence-corrected chi connectivity index (χ0v) is 13.9. The fourth-order valence-electron chi connectivity index (χ4n) is 3.04. The van der Waals surface area contributed by atoms with Crippen LogP contribution in [0.3, 0.4) is 0 Å². The Morgan fingerprint density at radius 3 is 2.73 bits per heavy atom. The summed E-state index contributed by atoms with van der Waals surface area (Å²) >= 11 is 0. The molecular weight excluding hydrogens is 333 g/mol. The van der Waals surface area contributed by atoms with E-state index in [1.807, 2.05) is 24.3 Å². The number of carbonyl (C=O) groups excluding carboxylic acids is 2. The van der Waals surface area contributed by atoms with Crippen LogP contribution < -0.4 is 5.32 Å². The number of carbonyl (C=O) groups is 2. The van der Waals surface area contributed by atoms with Gasteiger partial charge in [-0.15, -0.1) is 0 Å². The van der Waals surface area contributed by atoms with Crippen molar-refractivity contribution in [2.75, 3.05) is 5.32 Å². The van der Waals surface area contributed by atoms with Gasteiger partial charge < -0.3 is 5.32 Å². The molecule has 0 aliphatic heterocycles. The maximum atomic E-state index is 13.7. The lowest BCUT2D eigenvalue weighted by Gasteiger charge is -2.07. The van der Waals surface area contributed by atoms with E-state index in [0.29, 0.717) is 22.1 Å². The molecule has 2 aromatic heterocycles. The summed E-state index contributed by atoms with van der Waals surface area (Å²) in [6.07, 6.45) is 3.08. The van der Waals surface area contributed by atoms with E-state index in [0.717, 1.165) is 5.39 Å². The quantitative estimate of drug-likeness (QED) is 0.590. The normalized spacial score (nSPS) is 11.0. The number of para-hydroxylation sites is 1. The summed E-state index contributed by atoms with van der Waals surface area (Å²) < 4.78 is 15.0. The third-order valence-electron chi connectivity index (χ3n) is 4.23.